The van der Waals surface area contributed by atoms with Crippen LogP contribution in [-0.4, -0.2) is 4.98 Å². The average molecular weight is 260 g/mol. The summed E-state index contributed by atoms with van der Waals surface area (Å²) in [5.41, 5.74) is 8.59. The summed E-state index contributed by atoms with van der Waals surface area (Å²) in [5.74, 6) is 0.978. The normalized spacial score (nSPS) is 17.8. The second-order valence-corrected chi connectivity index (χ2v) is 5.92. The molecule has 3 nitrogen and oxygen atoms in total. The van der Waals surface area contributed by atoms with E-state index < -0.39 is 0 Å². The predicted molar refractivity (Wildman–Crippen MR) is 72.9 cm³/mol. The van der Waals surface area contributed by atoms with Gasteiger partial charge in [0.15, 0.2) is 0 Å². The quantitative estimate of drug-likeness (QED) is 0.923. The van der Waals surface area contributed by atoms with E-state index in [9.17, 15) is 0 Å². The first-order chi connectivity index (χ1) is 8.74. The number of benzene rings is 1. The van der Waals surface area contributed by atoms with Gasteiger partial charge in [-0.1, -0.05) is 12.1 Å². The number of fused-ring (bicyclic) bond motifs is 1. The van der Waals surface area contributed by atoms with Crippen LogP contribution < -0.4 is 10.5 Å². The first-order valence-electron chi connectivity index (χ1n) is 6.15. The molecule has 2 N–H and O–H groups in total. The maximum Gasteiger partial charge on any atom is 0.124 e. The standard InChI is InChI=1S/C14H16N2OS/c1-9-16-7-10(18-9)8-17-14-4-2-3-11-12(14)5-6-13(11)15/h2-4,7,13H,5-6,8,15H2,1H3. The van der Waals surface area contributed by atoms with Crippen LogP contribution in [-0.2, 0) is 13.0 Å². The summed E-state index contributed by atoms with van der Waals surface area (Å²) in [7, 11) is 0. The smallest absolute Gasteiger partial charge is 0.124 e. The van der Waals surface area contributed by atoms with Crippen LogP contribution in [0, 0.1) is 6.92 Å². The second-order valence-electron chi connectivity index (χ2n) is 4.60. The molecule has 1 heterocycles. The molecular formula is C14H16N2OS. The van der Waals surface area contributed by atoms with Crippen LogP contribution in [0.5, 0.6) is 5.75 Å². The Morgan fingerprint density at radius 3 is 3.17 bits per heavy atom. The van der Waals surface area contributed by atoms with Gasteiger partial charge in [-0.25, -0.2) is 4.98 Å². The zero-order valence-electron chi connectivity index (χ0n) is 10.3. The van der Waals surface area contributed by atoms with Crippen LogP contribution in [0.15, 0.2) is 24.4 Å². The van der Waals surface area contributed by atoms with Crippen molar-refractivity contribution in [1.29, 1.82) is 0 Å². The Balaban J connectivity index is 1.78. The molecule has 1 atom stereocenters. The molecule has 94 valence electrons. The molecule has 0 bridgehead atoms. The molecule has 18 heavy (non-hydrogen) atoms. The van der Waals surface area contributed by atoms with E-state index in [2.05, 4.69) is 11.1 Å². The van der Waals surface area contributed by atoms with E-state index in [1.807, 2.05) is 25.3 Å². The van der Waals surface area contributed by atoms with E-state index in [1.165, 1.54) is 11.1 Å². The minimum Gasteiger partial charge on any atom is -0.488 e. The number of hydrogen-bond acceptors (Lipinski definition) is 4. The summed E-state index contributed by atoms with van der Waals surface area (Å²) in [6, 6.07) is 6.34. The lowest BCUT2D eigenvalue weighted by Gasteiger charge is -2.10. The lowest BCUT2D eigenvalue weighted by molar-refractivity contribution is 0.306. The van der Waals surface area contributed by atoms with Crippen LogP contribution >= 0.6 is 11.3 Å². The van der Waals surface area contributed by atoms with Crippen LogP contribution in [0.1, 0.15) is 33.5 Å². The van der Waals surface area contributed by atoms with Crippen molar-refractivity contribution in [1.82, 2.24) is 4.98 Å². The molecule has 0 saturated carbocycles. The highest BCUT2D eigenvalue weighted by molar-refractivity contribution is 7.11. The van der Waals surface area contributed by atoms with Crippen molar-refractivity contribution < 1.29 is 4.74 Å². The number of aryl methyl sites for hydroxylation is 1. The van der Waals surface area contributed by atoms with Gasteiger partial charge < -0.3 is 10.5 Å². The molecule has 3 rings (SSSR count). The number of nitrogens with zero attached hydrogens (tertiary/aromatic N) is 1. The minimum atomic E-state index is 0.175. The molecule has 4 heteroatoms. The zero-order valence-corrected chi connectivity index (χ0v) is 11.2. The molecule has 0 saturated heterocycles. The number of hydrogen-bond donors (Lipinski definition) is 1. The van der Waals surface area contributed by atoms with Crippen LogP contribution in [0.4, 0.5) is 0 Å². The van der Waals surface area contributed by atoms with E-state index in [4.69, 9.17) is 10.5 Å². The number of ether oxygens (including phenoxy) is 1. The number of aromatic nitrogens is 1. The Morgan fingerprint density at radius 1 is 1.50 bits per heavy atom. The summed E-state index contributed by atoms with van der Waals surface area (Å²) < 4.78 is 5.91. The third-order valence-corrected chi connectivity index (χ3v) is 4.20. The Morgan fingerprint density at radius 2 is 2.39 bits per heavy atom. The van der Waals surface area contributed by atoms with E-state index in [1.54, 1.807) is 11.3 Å². The van der Waals surface area contributed by atoms with E-state index in [0.29, 0.717) is 6.61 Å². The van der Waals surface area contributed by atoms with E-state index in [-0.39, 0.29) is 6.04 Å². The van der Waals surface area contributed by atoms with Gasteiger partial charge in [-0.15, -0.1) is 11.3 Å². The molecule has 1 aromatic heterocycles. The molecule has 1 aliphatic rings. The molecule has 1 aromatic carbocycles. The molecule has 0 amide bonds. The predicted octanol–water partition coefficient (Wildman–Crippen LogP) is 2.98. The minimum absolute atomic E-state index is 0.175. The Labute approximate surface area is 111 Å². The van der Waals surface area contributed by atoms with Gasteiger partial charge in [0.1, 0.15) is 12.4 Å². The highest BCUT2D eigenvalue weighted by Crippen LogP contribution is 2.35. The third kappa shape index (κ3) is 2.13. The van der Waals surface area contributed by atoms with Crippen LogP contribution in [0.2, 0.25) is 0 Å². The summed E-state index contributed by atoms with van der Waals surface area (Å²) in [6.07, 6.45) is 3.93. The van der Waals surface area contributed by atoms with E-state index in [0.717, 1.165) is 28.5 Å². The maximum absolute atomic E-state index is 6.06. The van der Waals surface area contributed by atoms with Crippen LogP contribution in [0.3, 0.4) is 0 Å². The summed E-state index contributed by atoms with van der Waals surface area (Å²) in [5, 5.41) is 1.08. The fourth-order valence-electron chi connectivity index (χ4n) is 2.41. The van der Waals surface area contributed by atoms with Gasteiger partial charge in [0.2, 0.25) is 0 Å². The molecular weight excluding hydrogens is 244 g/mol. The first-order valence-corrected chi connectivity index (χ1v) is 6.97. The number of rotatable bonds is 3. The fourth-order valence-corrected chi connectivity index (χ4v) is 3.12. The molecule has 0 aliphatic heterocycles. The molecule has 0 fully saturated rings. The zero-order chi connectivity index (χ0) is 12.5. The molecule has 0 radical (unpaired) electrons. The molecule has 2 aromatic rings. The van der Waals surface area contributed by atoms with Crippen molar-refractivity contribution in [3.63, 3.8) is 0 Å². The van der Waals surface area contributed by atoms with Gasteiger partial charge in [-0.3, -0.25) is 0 Å². The van der Waals surface area contributed by atoms with Crippen LogP contribution in [0.25, 0.3) is 0 Å². The number of nitrogens with two attached hydrogens (primary N) is 1. The highest BCUT2D eigenvalue weighted by Gasteiger charge is 2.22. The van der Waals surface area contributed by atoms with Gasteiger partial charge in [-0.05, 0) is 37.0 Å². The SMILES string of the molecule is Cc1ncc(COc2cccc3c2CCC3N)s1. The van der Waals surface area contributed by atoms with Crippen molar-refractivity contribution in [2.45, 2.75) is 32.4 Å². The Hall–Kier alpha value is -1.39. The van der Waals surface area contributed by atoms with Crippen molar-refractivity contribution in [2.75, 3.05) is 0 Å². The highest BCUT2D eigenvalue weighted by atomic mass is 32.1. The van der Waals surface area contributed by atoms with E-state index >= 15 is 0 Å². The van der Waals surface area contributed by atoms with Gasteiger partial charge in [-0.2, -0.15) is 0 Å². The van der Waals surface area contributed by atoms with Gasteiger partial charge >= 0.3 is 0 Å². The lowest BCUT2D eigenvalue weighted by atomic mass is 10.1. The molecule has 0 spiro atoms. The Kier molecular flexibility index (Phi) is 3.06. The summed E-state index contributed by atoms with van der Waals surface area (Å²) in [4.78, 5) is 5.39. The monoisotopic (exact) mass is 260 g/mol. The van der Waals surface area contributed by atoms with Crippen molar-refractivity contribution >= 4 is 11.3 Å². The average Bonchev–Trinajstić information content (AvgIpc) is 2.94. The maximum atomic E-state index is 6.06. The summed E-state index contributed by atoms with van der Waals surface area (Å²) >= 11 is 1.68. The topological polar surface area (TPSA) is 48.1 Å². The second kappa shape index (κ2) is 4.71. The lowest BCUT2D eigenvalue weighted by Crippen LogP contribution is -2.05. The van der Waals surface area contributed by atoms with Gasteiger partial charge in [0, 0.05) is 12.2 Å². The Bertz CT molecular complexity index is 565. The van der Waals surface area contributed by atoms with Crippen molar-refractivity contribution in [3.8, 4) is 5.75 Å². The molecule has 1 unspecified atom stereocenters. The van der Waals surface area contributed by atoms with Crippen molar-refractivity contribution in [2.24, 2.45) is 5.73 Å². The third-order valence-electron chi connectivity index (χ3n) is 3.31. The molecule has 1 aliphatic carbocycles. The van der Waals surface area contributed by atoms with Crippen molar-refractivity contribution in [3.05, 3.63) is 45.4 Å². The number of thiazole rings is 1. The summed E-state index contributed by atoms with van der Waals surface area (Å²) in [6.45, 7) is 2.60. The van der Waals surface area contributed by atoms with Gasteiger partial charge in [0.05, 0.1) is 9.88 Å². The van der Waals surface area contributed by atoms with Gasteiger partial charge in [0.25, 0.3) is 0 Å². The fraction of sp³-hybridized carbons (Fsp3) is 0.357. The largest absolute Gasteiger partial charge is 0.488 e. The first kappa shape index (κ1) is 11.7.